The molecule has 2 nitrogen and oxygen atoms in total. The van der Waals surface area contributed by atoms with Crippen LogP contribution in [0.2, 0.25) is 0 Å². The first-order chi connectivity index (χ1) is 6.38. The van der Waals surface area contributed by atoms with Gasteiger partial charge >= 0.3 is 0 Å². The molecule has 0 spiro atoms. The van der Waals surface area contributed by atoms with Crippen LogP contribution in [0.1, 0.15) is 21.3 Å². The summed E-state index contributed by atoms with van der Waals surface area (Å²) in [5.41, 5.74) is 1.99. The fourth-order valence-electron chi connectivity index (χ4n) is 1.76. The predicted octanol–water partition coefficient (Wildman–Crippen LogP) is 2.36. The van der Waals surface area contributed by atoms with Crippen molar-refractivity contribution in [3.8, 4) is 0 Å². The lowest BCUT2D eigenvalue weighted by atomic mass is 10.1. The van der Waals surface area contributed by atoms with Crippen LogP contribution in [0.3, 0.4) is 0 Å². The summed E-state index contributed by atoms with van der Waals surface area (Å²) in [5, 5.41) is 2.17. The first-order valence-corrected chi connectivity index (χ1v) is 5.06. The van der Waals surface area contributed by atoms with Crippen LogP contribution >= 0.6 is 11.8 Å². The molecule has 3 heteroatoms. The van der Waals surface area contributed by atoms with Gasteiger partial charge in [-0.15, -0.1) is 11.8 Å². The van der Waals surface area contributed by atoms with E-state index in [9.17, 15) is 4.79 Å². The second kappa shape index (κ2) is 2.39. The zero-order valence-electron chi connectivity index (χ0n) is 6.81. The highest BCUT2D eigenvalue weighted by Gasteiger charge is 2.37. The van der Waals surface area contributed by atoms with E-state index < -0.39 is 0 Å². The Morgan fingerprint density at radius 3 is 3.08 bits per heavy atom. The molecule has 0 fully saturated rings. The van der Waals surface area contributed by atoms with E-state index in [0.717, 1.165) is 11.1 Å². The Bertz CT molecular complexity index is 413. The monoisotopic (exact) mass is 189 g/mol. The average molecular weight is 189 g/mol. The third kappa shape index (κ3) is 0.823. The van der Waals surface area contributed by atoms with Crippen LogP contribution in [0.25, 0.3) is 0 Å². The van der Waals surface area contributed by atoms with Crippen molar-refractivity contribution in [3.05, 3.63) is 47.0 Å². The number of rotatable bonds is 0. The summed E-state index contributed by atoms with van der Waals surface area (Å²) in [6.45, 7) is 0. The number of carbonyl (C=O) groups is 1. The topological polar surface area (TPSA) is 20.3 Å². The second-order valence-electron chi connectivity index (χ2n) is 3.07. The van der Waals surface area contributed by atoms with Gasteiger partial charge in [0.15, 0.2) is 0 Å². The molecule has 0 saturated heterocycles. The predicted molar refractivity (Wildman–Crippen MR) is 52.1 cm³/mol. The summed E-state index contributed by atoms with van der Waals surface area (Å²) in [5.74, 6) is 0.127. The smallest absolute Gasteiger partial charge is 0.259 e. The van der Waals surface area contributed by atoms with Gasteiger partial charge in [-0.25, -0.2) is 0 Å². The maximum absolute atomic E-state index is 11.7. The number of fused-ring (bicyclic) bond motifs is 3. The normalized spacial score (nSPS) is 23.5. The van der Waals surface area contributed by atoms with Crippen molar-refractivity contribution in [2.75, 3.05) is 0 Å². The van der Waals surface area contributed by atoms with Crippen molar-refractivity contribution in [2.45, 2.75) is 5.37 Å². The molecule has 0 radical (unpaired) electrons. The lowest BCUT2D eigenvalue weighted by Crippen LogP contribution is -2.16. The maximum Gasteiger partial charge on any atom is 0.259 e. The van der Waals surface area contributed by atoms with E-state index in [4.69, 9.17) is 0 Å². The number of benzene rings is 1. The molecule has 0 bridgehead atoms. The van der Waals surface area contributed by atoms with Crippen LogP contribution < -0.4 is 0 Å². The molecule has 3 rings (SSSR count). The van der Waals surface area contributed by atoms with Gasteiger partial charge in [0.25, 0.3) is 5.91 Å². The molecule has 0 N–H and O–H groups in total. The molecule has 0 aliphatic carbocycles. The highest BCUT2D eigenvalue weighted by molar-refractivity contribution is 8.02. The molecule has 0 saturated carbocycles. The summed E-state index contributed by atoms with van der Waals surface area (Å²) in [7, 11) is 0. The van der Waals surface area contributed by atoms with E-state index in [-0.39, 0.29) is 11.3 Å². The van der Waals surface area contributed by atoms with E-state index in [2.05, 4.69) is 0 Å². The fourth-order valence-corrected chi connectivity index (χ4v) is 2.76. The summed E-state index contributed by atoms with van der Waals surface area (Å²) in [4.78, 5) is 13.5. The number of hydrogen-bond acceptors (Lipinski definition) is 2. The van der Waals surface area contributed by atoms with Crippen LogP contribution in [-0.2, 0) is 0 Å². The average Bonchev–Trinajstić information content (AvgIpc) is 2.72. The maximum atomic E-state index is 11.7. The SMILES string of the molecule is O=C1c2ccccc2C2SC=CN12. The Balaban J connectivity index is 2.21. The fraction of sp³-hybridized carbons (Fsp3) is 0.100. The Morgan fingerprint density at radius 2 is 2.15 bits per heavy atom. The molecule has 0 aromatic heterocycles. The molecule has 2 aliphatic rings. The quantitative estimate of drug-likeness (QED) is 0.624. The van der Waals surface area contributed by atoms with E-state index in [1.165, 1.54) is 0 Å². The van der Waals surface area contributed by atoms with Crippen molar-refractivity contribution in [3.63, 3.8) is 0 Å². The minimum atomic E-state index is 0.127. The van der Waals surface area contributed by atoms with Crippen LogP contribution in [-0.4, -0.2) is 10.8 Å². The van der Waals surface area contributed by atoms with Gasteiger partial charge < -0.3 is 0 Å². The molecular weight excluding hydrogens is 182 g/mol. The Kier molecular flexibility index (Phi) is 1.32. The van der Waals surface area contributed by atoms with Crippen molar-refractivity contribution in [1.82, 2.24) is 4.90 Å². The molecule has 1 aromatic carbocycles. The first-order valence-electron chi connectivity index (χ1n) is 4.11. The molecule has 2 heterocycles. The van der Waals surface area contributed by atoms with Gasteiger partial charge in [0.1, 0.15) is 5.37 Å². The lowest BCUT2D eigenvalue weighted by molar-refractivity contribution is 0.0842. The molecular formula is C10H7NOS. The number of carbonyl (C=O) groups excluding carboxylic acids is 1. The summed E-state index contributed by atoms with van der Waals surface area (Å²) in [6, 6.07) is 7.81. The zero-order chi connectivity index (χ0) is 8.84. The summed E-state index contributed by atoms with van der Waals surface area (Å²) >= 11 is 1.68. The standard InChI is InChI=1S/C10H7NOS/c12-9-7-3-1-2-4-8(7)10-11(9)5-6-13-10/h1-6,10H. The van der Waals surface area contributed by atoms with Gasteiger partial charge in [0.2, 0.25) is 0 Å². The van der Waals surface area contributed by atoms with Gasteiger partial charge in [0.05, 0.1) is 0 Å². The van der Waals surface area contributed by atoms with Crippen LogP contribution in [0, 0.1) is 0 Å². The van der Waals surface area contributed by atoms with Crippen molar-refractivity contribution >= 4 is 17.7 Å². The van der Waals surface area contributed by atoms with Crippen molar-refractivity contribution in [1.29, 1.82) is 0 Å². The third-order valence-corrected chi connectivity index (χ3v) is 3.39. The van der Waals surface area contributed by atoms with Gasteiger partial charge in [-0.2, -0.15) is 0 Å². The molecule has 1 atom stereocenters. The molecule has 64 valence electrons. The number of hydrogen-bond donors (Lipinski definition) is 0. The second-order valence-corrected chi connectivity index (χ2v) is 4.06. The third-order valence-electron chi connectivity index (χ3n) is 2.37. The Hall–Kier alpha value is -1.22. The number of amides is 1. The van der Waals surface area contributed by atoms with Gasteiger partial charge in [0, 0.05) is 11.8 Å². The van der Waals surface area contributed by atoms with E-state index in [1.54, 1.807) is 16.7 Å². The Morgan fingerprint density at radius 1 is 1.31 bits per heavy atom. The minimum Gasteiger partial charge on any atom is -0.298 e. The lowest BCUT2D eigenvalue weighted by Gasteiger charge is -2.12. The van der Waals surface area contributed by atoms with Gasteiger partial charge in [-0.05, 0) is 17.0 Å². The van der Waals surface area contributed by atoms with Crippen LogP contribution in [0.5, 0.6) is 0 Å². The number of nitrogens with zero attached hydrogens (tertiary/aromatic N) is 1. The van der Waals surface area contributed by atoms with Crippen molar-refractivity contribution < 1.29 is 4.79 Å². The summed E-state index contributed by atoms with van der Waals surface area (Å²) < 4.78 is 0. The molecule has 13 heavy (non-hydrogen) atoms. The molecule has 1 aromatic rings. The number of thioether (sulfide) groups is 1. The van der Waals surface area contributed by atoms with Gasteiger partial charge in [-0.3, -0.25) is 9.69 Å². The van der Waals surface area contributed by atoms with E-state index >= 15 is 0 Å². The minimum absolute atomic E-state index is 0.127. The van der Waals surface area contributed by atoms with E-state index in [0.29, 0.717) is 0 Å². The summed E-state index contributed by atoms with van der Waals surface area (Å²) in [6.07, 6.45) is 1.86. The van der Waals surface area contributed by atoms with Crippen molar-refractivity contribution in [2.24, 2.45) is 0 Å². The van der Waals surface area contributed by atoms with Crippen LogP contribution in [0.4, 0.5) is 0 Å². The first kappa shape index (κ1) is 7.21. The largest absolute Gasteiger partial charge is 0.298 e. The molecule has 2 aliphatic heterocycles. The molecule has 1 amide bonds. The zero-order valence-corrected chi connectivity index (χ0v) is 7.62. The highest BCUT2D eigenvalue weighted by Crippen LogP contribution is 2.45. The van der Waals surface area contributed by atoms with Crippen LogP contribution in [0.15, 0.2) is 35.9 Å². The highest BCUT2D eigenvalue weighted by atomic mass is 32.2. The van der Waals surface area contributed by atoms with E-state index in [1.807, 2.05) is 35.9 Å². The van der Waals surface area contributed by atoms with Gasteiger partial charge in [-0.1, -0.05) is 18.2 Å². The Labute approximate surface area is 80.2 Å². The molecule has 1 unspecified atom stereocenters.